The lowest BCUT2D eigenvalue weighted by Crippen LogP contribution is -2.28. The minimum atomic E-state index is -0.430. The number of benzene rings is 2. The maximum atomic E-state index is 12.9. The first-order chi connectivity index (χ1) is 12.9. The fraction of sp³-hybridized carbons (Fsp3) is 0.200. The molecule has 138 valence electrons. The van der Waals surface area contributed by atoms with Crippen LogP contribution in [0.5, 0.6) is 0 Å². The van der Waals surface area contributed by atoms with Gasteiger partial charge in [-0.1, -0.05) is 24.3 Å². The zero-order chi connectivity index (χ0) is 19.6. The number of amides is 2. The Balaban J connectivity index is 2.02. The summed E-state index contributed by atoms with van der Waals surface area (Å²) in [5.41, 5.74) is 1.03. The number of rotatable bonds is 4. The summed E-state index contributed by atoms with van der Waals surface area (Å²) >= 11 is 0. The molecule has 0 spiro atoms. The first kappa shape index (κ1) is 18.3. The number of nitrogens with one attached hydrogen (secondary N) is 2. The number of carbonyl (C=O) groups is 2. The van der Waals surface area contributed by atoms with Gasteiger partial charge in [-0.15, -0.1) is 0 Å². The maximum Gasteiger partial charge on any atom is 0.276 e. The Hall–Kier alpha value is -3.48. The molecule has 0 saturated carbocycles. The lowest BCUT2D eigenvalue weighted by Gasteiger charge is -2.13. The third-order valence-corrected chi connectivity index (χ3v) is 3.97. The number of hydrogen-bond acceptors (Lipinski definition) is 4. The number of anilines is 2. The highest BCUT2D eigenvalue weighted by Crippen LogP contribution is 2.19. The molecule has 2 aromatic carbocycles. The first-order valence-electron chi connectivity index (χ1n) is 8.57. The molecule has 0 fully saturated rings. The Morgan fingerprint density at radius 3 is 2.22 bits per heavy atom. The molecule has 0 aliphatic heterocycles. The third kappa shape index (κ3) is 3.87. The van der Waals surface area contributed by atoms with Crippen LogP contribution >= 0.6 is 0 Å². The van der Waals surface area contributed by atoms with Crippen molar-refractivity contribution in [1.29, 1.82) is 0 Å². The van der Waals surface area contributed by atoms with Crippen molar-refractivity contribution in [2.45, 2.75) is 26.8 Å². The van der Waals surface area contributed by atoms with E-state index in [1.165, 1.54) is 11.6 Å². The van der Waals surface area contributed by atoms with Crippen molar-refractivity contribution in [2.75, 3.05) is 10.6 Å². The second-order valence-electron chi connectivity index (χ2n) is 6.45. The molecular weight excluding hydrogens is 344 g/mol. The molecule has 2 N–H and O–H groups in total. The summed E-state index contributed by atoms with van der Waals surface area (Å²) in [5, 5.41) is 10.7. The van der Waals surface area contributed by atoms with Crippen LogP contribution in [0, 0.1) is 0 Å². The smallest absolute Gasteiger partial charge is 0.276 e. The molecule has 2 amide bonds. The summed E-state index contributed by atoms with van der Waals surface area (Å²) in [5.74, 6) is -0.629. The minimum Gasteiger partial charge on any atom is -0.326 e. The Bertz CT molecular complexity index is 1090. The van der Waals surface area contributed by atoms with Crippen molar-refractivity contribution in [3.63, 3.8) is 0 Å². The van der Waals surface area contributed by atoms with Crippen molar-refractivity contribution < 1.29 is 9.59 Å². The van der Waals surface area contributed by atoms with Gasteiger partial charge in [0.25, 0.3) is 11.5 Å². The molecule has 1 aromatic heterocycles. The second kappa shape index (κ2) is 7.41. The van der Waals surface area contributed by atoms with E-state index in [4.69, 9.17) is 0 Å². The number of hydrogen-bond donors (Lipinski definition) is 2. The molecule has 3 rings (SSSR count). The molecule has 7 nitrogen and oxygen atoms in total. The predicted octanol–water partition coefficient (Wildman–Crippen LogP) is 3.19. The van der Waals surface area contributed by atoms with E-state index in [0.717, 1.165) is 0 Å². The molecule has 0 bridgehead atoms. The van der Waals surface area contributed by atoms with Crippen molar-refractivity contribution in [2.24, 2.45) is 0 Å². The topological polar surface area (TPSA) is 93.1 Å². The summed E-state index contributed by atoms with van der Waals surface area (Å²) in [6.45, 7) is 5.08. The van der Waals surface area contributed by atoms with E-state index in [1.54, 1.807) is 48.5 Å². The molecule has 0 atom stereocenters. The van der Waals surface area contributed by atoms with E-state index in [0.29, 0.717) is 22.1 Å². The Morgan fingerprint density at radius 2 is 1.59 bits per heavy atom. The van der Waals surface area contributed by atoms with E-state index < -0.39 is 5.91 Å². The Kier molecular flexibility index (Phi) is 5.03. The van der Waals surface area contributed by atoms with Gasteiger partial charge in [0, 0.05) is 23.7 Å². The van der Waals surface area contributed by atoms with Gasteiger partial charge in [-0.05, 0) is 38.1 Å². The van der Waals surface area contributed by atoms with Crippen molar-refractivity contribution >= 4 is 34.0 Å². The van der Waals surface area contributed by atoms with Gasteiger partial charge in [0.05, 0.1) is 11.4 Å². The molecular formula is C20H20N4O3. The van der Waals surface area contributed by atoms with Crippen LogP contribution in [0.15, 0.2) is 53.3 Å². The van der Waals surface area contributed by atoms with Gasteiger partial charge in [0.2, 0.25) is 5.91 Å². The number of fused-ring (bicyclic) bond motifs is 1. The molecule has 3 aromatic rings. The fourth-order valence-electron chi connectivity index (χ4n) is 2.79. The van der Waals surface area contributed by atoms with E-state index in [1.807, 2.05) is 13.8 Å². The van der Waals surface area contributed by atoms with Crippen molar-refractivity contribution in [1.82, 2.24) is 9.78 Å². The number of carbonyl (C=O) groups excluding carboxylic acids is 2. The average molecular weight is 364 g/mol. The van der Waals surface area contributed by atoms with Crippen LogP contribution in [0.25, 0.3) is 10.8 Å². The van der Waals surface area contributed by atoms with E-state index in [-0.39, 0.29) is 23.2 Å². The first-order valence-corrected chi connectivity index (χ1v) is 8.57. The van der Waals surface area contributed by atoms with Crippen LogP contribution in [-0.2, 0) is 4.79 Å². The molecule has 7 heteroatoms. The van der Waals surface area contributed by atoms with Crippen molar-refractivity contribution in [3.05, 3.63) is 64.6 Å². The van der Waals surface area contributed by atoms with Gasteiger partial charge < -0.3 is 10.6 Å². The van der Waals surface area contributed by atoms with E-state index >= 15 is 0 Å². The van der Waals surface area contributed by atoms with E-state index in [9.17, 15) is 14.4 Å². The summed E-state index contributed by atoms with van der Waals surface area (Å²) in [4.78, 5) is 36.7. The molecule has 0 unspecified atom stereocenters. The van der Waals surface area contributed by atoms with Gasteiger partial charge in [-0.3, -0.25) is 14.4 Å². The highest BCUT2D eigenvalue weighted by atomic mass is 16.2. The summed E-state index contributed by atoms with van der Waals surface area (Å²) < 4.78 is 1.31. The predicted molar refractivity (Wildman–Crippen MR) is 105 cm³/mol. The van der Waals surface area contributed by atoms with Crippen molar-refractivity contribution in [3.8, 4) is 0 Å². The van der Waals surface area contributed by atoms with E-state index in [2.05, 4.69) is 15.7 Å². The van der Waals surface area contributed by atoms with Crippen LogP contribution < -0.4 is 16.2 Å². The zero-order valence-electron chi connectivity index (χ0n) is 15.3. The zero-order valence-corrected chi connectivity index (χ0v) is 15.3. The molecule has 27 heavy (non-hydrogen) atoms. The van der Waals surface area contributed by atoms with Gasteiger partial charge in [0.15, 0.2) is 5.69 Å². The molecule has 0 saturated heterocycles. The highest BCUT2D eigenvalue weighted by molar-refractivity contribution is 6.11. The minimum absolute atomic E-state index is 0.170. The highest BCUT2D eigenvalue weighted by Gasteiger charge is 2.18. The Labute approximate surface area is 156 Å². The van der Waals surface area contributed by atoms with Crippen LogP contribution in [0.4, 0.5) is 11.4 Å². The molecule has 0 aliphatic rings. The molecule has 0 radical (unpaired) electrons. The standard InChI is InChI=1S/C20H20N4O3/c1-12(2)24-20(27)17-10-5-4-9-16(17)18(23-24)19(26)22-15-8-6-7-14(11-15)21-13(3)25/h4-12H,1-3H3,(H,21,25)(H,22,26). The molecule has 1 heterocycles. The second-order valence-corrected chi connectivity index (χ2v) is 6.45. The van der Waals surface area contributed by atoms with Crippen LogP contribution in [0.3, 0.4) is 0 Å². The average Bonchev–Trinajstić information content (AvgIpc) is 2.61. The summed E-state index contributed by atoms with van der Waals surface area (Å²) in [6, 6.07) is 13.5. The maximum absolute atomic E-state index is 12.9. The fourth-order valence-corrected chi connectivity index (χ4v) is 2.79. The summed E-state index contributed by atoms with van der Waals surface area (Å²) in [6.07, 6.45) is 0. The van der Waals surface area contributed by atoms with Crippen LogP contribution in [0.1, 0.15) is 37.3 Å². The quantitative estimate of drug-likeness (QED) is 0.743. The van der Waals surface area contributed by atoms with Crippen LogP contribution in [-0.4, -0.2) is 21.6 Å². The van der Waals surface area contributed by atoms with Gasteiger partial charge in [-0.2, -0.15) is 5.10 Å². The Morgan fingerprint density at radius 1 is 0.963 bits per heavy atom. The SMILES string of the molecule is CC(=O)Nc1cccc(NC(=O)c2nn(C(C)C)c(=O)c3ccccc23)c1. The van der Waals surface area contributed by atoms with Gasteiger partial charge in [-0.25, -0.2) is 4.68 Å². The lowest BCUT2D eigenvalue weighted by atomic mass is 10.1. The lowest BCUT2D eigenvalue weighted by molar-refractivity contribution is -0.114. The third-order valence-electron chi connectivity index (χ3n) is 3.97. The van der Waals surface area contributed by atoms with Gasteiger partial charge in [0.1, 0.15) is 0 Å². The monoisotopic (exact) mass is 364 g/mol. The normalized spacial score (nSPS) is 10.8. The van der Waals surface area contributed by atoms with Crippen LogP contribution in [0.2, 0.25) is 0 Å². The van der Waals surface area contributed by atoms with Gasteiger partial charge >= 0.3 is 0 Å². The molecule has 0 aliphatic carbocycles. The number of nitrogens with zero attached hydrogens (tertiary/aromatic N) is 2. The largest absolute Gasteiger partial charge is 0.326 e. The summed E-state index contributed by atoms with van der Waals surface area (Å²) in [7, 11) is 0. The number of aromatic nitrogens is 2.